The van der Waals surface area contributed by atoms with Crippen LogP contribution >= 0.6 is 12.4 Å². The van der Waals surface area contributed by atoms with E-state index in [9.17, 15) is 9.59 Å². The van der Waals surface area contributed by atoms with Gasteiger partial charge in [0.2, 0.25) is 11.3 Å². The van der Waals surface area contributed by atoms with Crippen molar-refractivity contribution in [3.05, 3.63) is 34.2 Å². The third kappa shape index (κ3) is 4.34. The number of pyridine rings is 2. The van der Waals surface area contributed by atoms with Gasteiger partial charge in [-0.15, -0.1) is 27.4 Å². The minimum atomic E-state index is -0.380. The summed E-state index contributed by atoms with van der Waals surface area (Å²) in [5.74, 6) is 0.0300. The van der Waals surface area contributed by atoms with E-state index in [1.54, 1.807) is 29.8 Å². The van der Waals surface area contributed by atoms with Crippen molar-refractivity contribution >= 4 is 35.2 Å². The molecule has 0 unspecified atom stereocenters. The van der Waals surface area contributed by atoms with Gasteiger partial charge in [0.15, 0.2) is 11.2 Å². The molecule has 11 nitrogen and oxygen atoms in total. The molecule has 0 radical (unpaired) electrons. The number of aromatic nitrogens is 5. The van der Waals surface area contributed by atoms with Crippen molar-refractivity contribution in [2.24, 2.45) is 0 Å². The van der Waals surface area contributed by atoms with Gasteiger partial charge in [-0.05, 0) is 32.3 Å². The van der Waals surface area contributed by atoms with Gasteiger partial charge < -0.3 is 24.3 Å². The van der Waals surface area contributed by atoms with Crippen LogP contribution in [0.5, 0.6) is 5.88 Å². The Morgan fingerprint density at radius 2 is 2.09 bits per heavy atom. The average molecular weight is 504 g/mol. The molecule has 3 aromatic heterocycles. The molecule has 12 heteroatoms. The summed E-state index contributed by atoms with van der Waals surface area (Å²) in [5, 5.41) is 12.7. The fourth-order valence-corrected chi connectivity index (χ4v) is 4.94. The number of anilines is 1. The fraction of sp³-hybridized carbons (Fsp3) is 0.522. The Balaban J connectivity index is 0.00000289. The van der Waals surface area contributed by atoms with Crippen molar-refractivity contribution in [2.75, 3.05) is 31.7 Å². The third-order valence-electron chi connectivity index (χ3n) is 6.65. The van der Waals surface area contributed by atoms with Gasteiger partial charge in [0.1, 0.15) is 12.2 Å². The Hall–Kier alpha value is -3.18. The van der Waals surface area contributed by atoms with Crippen LogP contribution in [0.2, 0.25) is 0 Å². The molecule has 35 heavy (non-hydrogen) atoms. The van der Waals surface area contributed by atoms with Gasteiger partial charge in [0, 0.05) is 43.1 Å². The molecule has 1 N–H and O–H groups in total. The van der Waals surface area contributed by atoms with Crippen molar-refractivity contribution in [1.29, 1.82) is 0 Å². The number of rotatable bonds is 7. The van der Waals surface area contributed by atoms with Crippen LogP contribution in [0.4, 0.5) is 5.69 Å². The summed E-state index contributed by atoms with van der Waals surface area (Å²) >= 11 is 0. The quantitative estimate of drug-likeness (QED) is 0.478. The summed E-state index contributed by atoms with van der Waals surface area (Å²) in [5.41, 5.74) is 2.42. The summed E-state index contributed by atoms with van der Waals surface area (Å²) in [6.07, 6.45) is 4.28. The van der Waals surface area contributed by atoms with E-state index in [0.717, 1.165) is 31.6 Å². The monoisotopic (exact) mass is 503 g/mol. The Kier molecular flexibility index (Phi) is 7.27. The maximum atomic E-state index is 13.9. The lowest BCUT2D eigenvalue weighted by molar-refractivity contribution is -0.143. The van der Waals surface area contributed by atoms with Crippen LogP contribution in [-0.4, -0.2) is 69.4 Å². The molecule has 1 aliphatic carbocycles. The highest BCUT2D eigenvalue weighted by molar-refractivity contribution is 5.85. The molecule has 2 fully saturated rings. The Labute approximate surface area is 208 Å². The number of carbonyl (C=O) groups is 1. The predicted molar refractivity (Wildman–Crippen MR) is 133 cm³/mol. The predicted octanol–water partition coefficient (Wildman–Crippen LogP) is 1.47. The second kappa shape index (κ2) is 10.2. The summed E-state index contributed by atoms with van der Waals surface area (Å²) in [4.78, 5) is 34.2. The number of esters is 1. The smallest absolute Gasteiger partial charge is 0.326 e. The normalized spacial score (nSPS) is 19.0. The molecule has 4 heterocycles. The summed E-state index contributed by atoms with van der Waals surface area (Å²) in [7, 11) is 1.53. The highest BCUT2D eigenvalue weighted by Gasteiger charge is 2.40. The van der Waals surface area contributed by atoms with Crippen LogP contribution in [0.3, 0.4) is 0 Å². The Bertz CT molecular complexity index is 1290. The van der Waals surface area contributed by atoms with Crippen LogP contribution in [0.15, 0.2) is 23.1 Å². The Morgan fingerprint density at radius 1 is 1.26 bits per heavy atom. The zero-order valence-corrected chi connectivity index (χ0v) is 20.9. The minimum absolute atomic E-state index is 0. The van der Waals surface area contributed by atoms with Gasteiger partial charge >= 0.3 is 5.97 Å². The summed E-state index contributed by atoms with van der Waals surface area (Å²) in [6, 6.07) is 4.07. The van der Waals surface area contributed by atoms with E-state index < -0.39 is 0 Å². The number of hydrogen-bond donors (Lipinski definition) is 1. The van der Waals surface area contributed by atoms with Crippen LogP contribution in [0.25, 0.3) is 16.9 Å². The molecule has 0 bridgehead atoms. The average Bonchev–Trinajstić information content (AvgIpc) is 3.27. The van der Waals surface area contributed by atoms with Crippen LogP contribution in [-0.2, 0) is 22.5 Å². The third-order valence-corrected chi connectivity index (χ3v) is 6.65. The lowest BCUT2D eigenvalue weighted by atomic mass is 9.83. The van der Waals surface area contributed by atoms with Gasteiger partial charge in [-0.25, -0.2) is 4.98 Å². The zero-order valence-electron chi connectivity index (χ0n) is 20.1. The molecular formula is C23H30ClN7O4. The summed E-state index contributed by atoms with van der Waals surface area (Å²) < 4.78 is 12.3. The van der Waals surface area contributed by atoms with Gasteiger partial charge in [-0.2, -0.15) is 0 Å². The number of nitrogens with zero attached hydrogens (tertiary/aromatic N) is 6. The number of hydrogen-bond acceptors (Lipinski definition) is 9. The molecular weight excluding hydrogens is 474 g/mol. The van der Waals surface area contributed by atoms with E-state index in [0.29, 0.717) is 35.4 Å². The van der Waals surface area contributed by atoms with Gasteiger partial charge in [0.05, 0.1) is 19.4 Å². The van der Waals surface area contributed by atoms with Gasteiger partial charge in [-0.1, -0.05) is 6.92 Å². The largest absolute Gasteiger partial charge is 0.481 e. The topological polar surface area (TPSA) is 116 Å². The van der Waals surface area contributed by atoms with Crippen molar-refractivity contribution in [1.82, 2.24) is 29.9 Å². The van der Waals surface area contributed by atoms with E-state index in [1.165, 1.54) is 11.9 Å². The number of piperazine rings is 1. The summed E-state index contributed by atoms with van der Waals surface area (Å²) in [6.45, 7) is 5.54. The standard InChI is InChI=1S/C23H29N7O4.ClH/c1-4-16-21(28-11-10-24-15-6-7-17(15)28)22(32)20-23(29(16)13-19(31)34-5-2)27-30(26-20)14-8-9-25-18(12-14)33-3;/h8-9,12,15,17,24H,4-7,10-11,13H2,1-3H3;1H/t15-,17-;/m0./s1. The zero-order chi connectivity index (χ0) is 23.8. The van der Waals surface area contributed by atoms with Crippen LogP contribution in [0.1, 0.15) is 32.4 Å². The molecule has 0 spiro atoms. The maximum absolute atomic E-state index is 13.9. The van der Waals surface area contributed by atoms with Gasteiger partial charge in [-0.3, -0.25) is 9.59 Å². The molecule has 0 aromatic carbocycles. The number of carbonyl (C=O) groups excluding carboxylic acids is 1. The molecule has 3 aromatic rings. The molecule has 1 saturated heterocycles. The lowest BCUT2D eigenvalue weighted by Gasteiger charge is -2.50. The number of fused-ring (bicyclic) bond motifs is 2. The van der Waals surface area contributed by atoms with Crippen molar-refractivity contribution in [3.8, 4) is 11.6 Å². The van der Waals surface area contributed by atoms with Crippen LogP contribution < -0.4 is 20.4 Å². The molecule has 0 amide bonds. The number of methoxy groups -OCH3 is 1. The van der Waals surface area contributed by atoms with E-state index in [4.69, 9.17) is 9.47 Å². The van der Waals surface area contributed by atoms with E-state index in [2.05, 4.69) is 25.4 Å². The first-order valence-corrected chi connectivity index (χ1v) is 11.7. The van der Waals surface area contributed by atoms with Crippen molar-refractivity contribution in [3.63, 3.8) is 0 Å². The number of ether oxygens (including phenoxy) is 2. The second-order valence-electron chi connectivity index (χ2n) is 8.49. The van der Waals surface area contributed by atoms with E-state index in [1.807, 2.05) is 6.92 Å². The number of nitrogens with one attached hydrogen (secondary N) is 1. The first-order valence-electron chi connectivity index (χ1n) is 11.7. The Morgan fingerprint density at radius 3 is 2.77 bits per heavy atom. The molecule has 188 valence electrons. The maximum Gasteiger partial charge on any atom is 0.326 e. The lowest BCUT2D eigenvalue weighted by Crippen LogP contribution is -2.64. The SMILES string of the molecule is CCOC(=O)Cn1c(CC)c(N2CCN[C@H]3CC[C@@H]32)c(=O)c2nn(-c3ccnc(OC)c3)nc21.Cl. The first-order chi connectivity index (χ1) is 16.5. The van der Waals surface area contributed by atoms with E-state index in [-0.39, 0.29) is 48.5 Å². The van der Waals surface area contributed by atoms with E-state index >= 15 is 0 Å². The highest BCUT2D eigenvalue weighted by Crippen LogP contribution is 2.33. The molecule has 2 aliphatic rings. The first kappa shape index (κ1) is 24.9. The van der Waals surface area contributed by atoms with Gasteiger partial charge in [0.25, 0.3) is 0 Å². The fourth-order valence-electron chi connectivity index (χ4n) is 4.94. The highest BCUT2D eigenvalue weighted by atomic mass is 35.5. The number of halogens is 1. The molecule has 1 aliphatic heterocycles. The molecule has 2 atom stereocenters. The minimum Gasteiger partial charge on any atom is -0.481 e. The molecule has 1 saturated carbocycles. The van der Waals surface area contributed by atoms with Crippen LogP contribution in [0, 0.1) is 0 Å². The second-order valence-corrected chi connectivity index (χ2v) is 8.49. The van der Waals surface area contributed by atoms with Crippen molar-refractivity contribution in [2.45, 2.75) is 51.7 Å². The molecule has 5 rings (SSSR count). The van der Waals surface area contributed by atoms with Crippen molar-refractivity contribution < 1.29 is 14.3 Å².